The van der Waals surface area contributed by atoms with Gasteiger partial charge in [0, 0.05) is 12.6 Å². The molecular weight excluding hydrogens is 232 g/mol. The van der Waals surface area contributed by atoms with Crippen LogP contribution in [0.5, 0.6) is 5.75 Å². The van der Waals surface area contributed by atoms with Crippen molar-refractivity contribution in [3.05, 3.63) is 23.0 Å². The average Bonchev–Trinajstić information content (AvgIpc) is 2.97. The number of rotatable bonds is 3. The Morgan fingerprint density at radius 3 is 2.88 bits per heavy atom. The van der Waals surface area contributed by atoms with Crippen molar-refractivity contribution >= 4 is 23.3 Å². The summed E-state index contributed by atoms with van der Waals surface area (Å²) in [7, 11) is 1.69. The summed E-state index contributed by atoms with van der Waals surface area (Å²) in [4.78, 5) is 3.25. The minimum absolute atomic E-state index is 0.441. The number of hydrogen-bond donors (Lipinski definition) is 1. The molecule has 1 heterocycles. The fraction of sp³-hybridized carbons (Fsp3) is 0.462. The third-order valence-corrected chi connectivity index (χ3v) is 3.95. The number of nitrogens with zero attached hydrogens (tertiary/aromatic N) is 1. The third kappa shape index (κ3) is 1.86. The maximum absolute atomic E-state index is 5.39. The van der Waals surface area contributed by atoms with Gasteiger partial charge in [-0.1, -0.05) is 6.92 Å². The molecule has 1 aliphatic carbocycles. The number of benzene rings is 1. The van der Waals surface area contributed by atoms with E-state index in [2.05, 4.69) is 16.5 Å². The van der Waals surface area contributed by atoms with Crippen molar-refractivity contribution in [2.24, 2.45) is 5.41 Å². The summed E-state index contributed by atoms with van der Waals surface area (Å²) >= 11 is 5.39. The minimum Gasteiger partial charge on any atom is -0.497 e. The topological polar surface area (TPSA) is 29.9 Å². The summed E-state index contributed by atoms with van der Waals surface area (Å²) < 4.78 is 8.27. The number of aromatic amines is 1. The highest BCUT2D eigenvalue weighted by atomic mass is 32.1. The Labute approximate surface area is 105 Å². The van der Waals surface area contributed by atoms with Gasteiger partial charge in [-0.3, -0.25) is 0 Å². The Kier molecular flexibility index (Phi) is 2.30. The summed E-state index contributed by atoms with van der Waals surface area (Å²) in [6.45, 7) is 3.31. The number of fused-ring (bicyclic) bond motifs is 1. The van der Waals surface area contributed by atoms with Crippen LogP contribution in [-0.4, -0.2) is 16.7 Å². The molecule has 0 aliphatic heterocycles. The number of H-pyrrole nitrogens is 1. The minimum atomic E-state index is 0.441. The van der Waals surface area contributed by atoms with Crippen molar-refractivity contribution in [2.45, 2.75) is 26.3 Å². The zero-order valence-electron chi connectivity index (χ0n) is 10.1. The molecule has 1 N–H and O–H groups in total. The molecule has 0 spiro atoms. The van der Waals surface area contributed by atoms with Crippen LogP contribution in [0.25, 0.3) is 11.0 Å². The van der Waals surface area contributed by atoms with Gasteiger partial charge in [0.05, 0.1) is 18.1 Å². The van der Waals surface area contributed by atoms with E-state index in [9.17, 15) is 0 Å². The summed E-state index contributed by atoms with van der Waals surface area (Å²) in [5.41, 5.74) is 2.67. The van der Waals surface area contributed by atoms with Gasteiger partial charge >= 0.3 is 0 Å². The van der Waals surface area contributed by atoms with Crippen LogP contribution in [0, 0.1) is 10.2 Å². The Morgan fingerprint density at radius 1 is 1.47 bits per heavy atom. The molecule has 1 aromatic carbocycles. The fourth-order valence-electron chi connectivity index (χ4n) is 2.17. The van der Waals surface area contributed by atoms with Crippen LogP contribution < -0.4 is 4.74 Å². The molecular formula is C13H16N2OS. The first-order valence-electron chi connectivity index (χ1n) is 5.88. The van der Waals surface area contributed by atoms with Crippen molar-refractivity contribution in [1.29, 1.82) is 0 Å². The van der Waals surface area contributed by atoms with E-state index in [-0.39, 0.29) is 0 Å². The second-order valence-electron chi connectivity index (χ2n) is 5.21. The molecule has 90 valence electrons. The van der Waals surface area contributed by atoms with Crippen LogP contribution >= 0.6 is 12.2 Å². The lowest BCUT2D eigenvalue weighted by Crippen LogP contribution is -2.07. The number of aromatic nitrogens is 2. The van der Waals surface area contributed by atoms with Gasteiger partial charge in [0.2, 0.25) is 0 Å². The zero-order chi connectivity index (χ0) is 12.0. The highest BCUT2D eigenvalue weighted by Gasteiger charge is 2.37. The highest BCUT2D eigenvalue weighted by molar-refractivity contribution is 7.71. The molecule has 1 aromatic heterocycles. The molecule has 0 amide bonds. The molecule has 0 bridgehead atoms. The normalized spacial score (nSPS) is 17.3. The van der Waals surface area contributed by atoms with Gasteiger partial charge in [-0.15, -0.1) is 0 Å². The van der Waals surface area contributed by atoms with Gasteiger partial charge in [-0.2, -0.15) is 0 Å². The van der Waals surface area contributed by atoms with Gasteiger partial charge in [-0.25, -0.2) is 0 Å². The lowest BCUT2D eigenvalue weighted by atomic mass is 10.1. The standard InChI is InChI=1S/C13H16N2OS/c1-13(5-6-13)8-15-11-7-9(16-2)3-4-10(11)14-12(15)17/h3-4,7H,5-6,8H2,1-2H3,(H,14,17). The predicted octanol–water partition coefficient (Wildman–Crippen LogP) is 3.51. The lowest BCUT2D eigenvalue weighted by molar-refractivity contribution is 0.414. The Balaban J connectivity index is 2.14. The Bertz CT molecular complexity index is 622. The van der Waals surface area contributed by atoms with E-state index in [1.54, 1.807) is 7.11 Å². The number of imidazole rings is 1. The van der Waals surface area contributed by atoms with E-state index >= 15 is 0 Å². The van der Waals surface area contributed by atoms with Gasteiger partial charge in [0.15, 0.2) is 4.77 Å². The van der Waals surface area contributed by atoms with Crippen molar-refractivity contribution in [2.75, 3.05) is 7.11 Å². The second-order valence-corrected chi connectivity index (χ2v) is 5.60. The quantitative estimate of drug-likeness (QED) is 0.842. The lowest BCUT2D eigenvalue weighted by Gasteiger charge is -2.10. The number of ether oxygens (including phenoxy) is 1. The smallest absolute Gasteiger partial charge is 0.178 e. The largest absolute Gasteiger partial charge is 0.497 e. The van der Waals surface area contributed by atoms with Gasteiger partial charge in [0.1, 0.15) is 5.75 Å². The molecule has 0 unspecified atom stereocenters. The van der Waals surface area contributed by atoms with Crippen LogP contribution in [0.3, 0.4) is 0 Å². The maximum atomic E-state index is 5.39. The summed E-state index contributed by atoms with van der Waals surface area (Å²) in [5, 5.41) is 0. The van der Waals surface area contributed by atoms with Crippen LogP contribution in [0.15, 0.2) is 18.2 Å². The van der Waals surface area contributed by atoms with Crippen LogP contribution in [0.1, 0.15) is 19.8 Å². The SMILES string of the molecule is COc1ccc2[nH]c(=S)n(CC3(C)CC3)c2c1. The highest BCUT2D eigenvalue weighted by Crippen LogP contribution is 2.46. The van der Waals surface area contributed by atoms with Crippen molar-refractivity contribution in [1.82, 2.24) is 9.55 Å². The zero-order valence-corrected chi connectivity index (χ0v) is 10.9. The number of hydrogen-bond acceptors (Lipinski definition) is 2. The molecule has 0 radical (unpaired) electrons. The number of nitrogens with one attached hydrogen (secondary N) is 1. The molecule has 0 atom stereocenters. The van der Waals surface area contributed by atoms with Gasteiger partial charge in [0.25, 0.3) is 0 Å². The van der Waals surface area contributed by atoms with Crippen LogP contribution in [0.4, 0.5) is 0 Å². The first kappa shape index (κ1) is 10.8. The molecule has 3 rings (SSSR count). The second kappa shape index (κ2) is 3.60. The van der Waals surface area contributed by atoms with Crippen molar-refractivity contribution in [3.8, 4) is 5.75 Å². The van der Waals surface area contributed by atoms with Gasteiger partial charge < -0.3 is 14.3 Å². The first-order valence-corrected chi connectivity index (χ1v) is 6.29. The monoisotopic (exact) mass is 248 g/mol. The Morgan fingerprint density at radius 2 is 2.24 bits per heavy atom. The molecule has 17 heavy (non-hydrogen) atoms. The predicted molar refractivity (Wildman–Crippen MR) is 71.0 cm³/mol. The van der Waals surface area contributed by atoms with Crippen molar-refractivity contribution < 1.29 is 4.74 Å². The first-order chi connectivity index (χ1) is 8.11. The summed E-state index contributed by atoms with van der Waals surface area (Å²) in [5.74, 6) is 0.876. The molecule has 3 nitrogen and oxygen atoms in total. The summed E-state index contributed by atoms with van der Waals surface area (Å²) in [6.07, 6.45) is 2.59. The molecule has 0 saturated heterocycles. The van der Waals surface area contributed by atoms with E-state index in [4.69, 9.17) is 17.0 Å². The molecule has 4 heteroatoms. The van der Waals surface area contributed by atoms with E-state index in [1.165, 1.54) is 12.8 Å². The maximum Gasteiger partial charge on any atom is 0.178 e. The molecule has 1 fully saturated rings. The summed E-state index contributed by atoms with van der Waals surface area (Å²) in [6, 6.07) is 6.03. The molecule has 2 aromatic rings. The van der Waals surface area contributed by atoms with E-state index < -0.39 is 0 Å². The average molecular weight is 248 g/mol. The molecule has 1 aliphatic rings. The van der Waals surface area contributed by atoms with E-state index in [1.807, 2.05) is 18.2 Å². The van der Waals surface area contributed by atoms with Crippen molar-refractivity contribution in [3.63, 3.8) is 0 Å². The van der Waals surface area contributed by atoms with Gasteiger partial charge in [-0.05, 0) is 42.6 Å². The van der Waals surface area contributed by atoms with Crippen LogP contribution in [0.2, 0.25) is 0 Å². The van der Waals surface area contributed by atoms with Crippen LogP contribution in [-0.2, 0) is 6.54 Å². The van der Waals surface area contributed by atoms with E-state index in [0.29, 0.717) is 5.41 Å². The Hall–Kier alpha value is -1.29. The number of methoxy groups -OCH3 is 1. The third-order valence-electron chi connectivity index (χ3n) is 3.63. The molecule has 1 saturated carbocycles. The van der Waals surface area contributed by atoms with E-state index in [0.717, 1.165) is 28.1 Å². The fourth-order valence-corrected chi connectivity index (χ4v) is 2.44.